The third kappa shape index (κ3) is 5.24. The summed E-state index contributed by atoms with van der Waals surface area (Å²) in [5.74, 6) is -0.682. The Morgan fingerprint density at radius 3 is 2.00 bits per heavy atom. The van der Waals surface area contributed by atoms with Crippen LogP contribution in [0.4, 0.5) is 16.4 Å². The van der Waals surface area contributed by atoms with Gasteiger partial charge in [0.2, 0.25) is 0 Å². The van der Waals surface area contributed by atoms with Crippen molar-refractivity contribution in [3.8, 4) is 0 Å². The summed E-state index contributed by atoms with van der Waals surface area (Å²) >= 11 is 8.42. The highest BCUT2D eigenvalue weighted by atomic mass is 32.1. The van der Waals surface area contributed by atoms with Crippen LogP contribution in [0.2, 0.25) is 0 Å². The molecule has 10 heteroatoms. The monoisotopic (exact) mass is 593 g/mol. The molecule has 0 saturated carbocycles. The molecule has 0 spiro atoms. The van der Waals surface area contributed by atoms with Gasteiger partial charge in [-0.25, -0.2) is 0 Å². The van der Waals surface area contributed by atoms with Crippen LogP contribution in [0.5, 0.6) is 0 Å². The Kier molecular flexibility index (Phi) is 7.71. The van der Waals surface area contributed by atoms with E-state index in [0.717, 1.165) is 25.0 Å². The second-order valence-electron chi connectivity index (χ2n) is 11.4. The minimum atomic E-state index is -0.341. The highest BCUT2D eigenvalue weighted by Crippen LogP contribution is 2.43. The summed E-state index contributed by atoms with van der Waals surface area (Å²) < 4.78 is 2.09. The molecule has 2 amide bonds. The Morgan fingerprint density at radius 2 is 1.45 bits per heavy atom. The van der Waals surface area contributed by atoms with Crippen molar-refractivity contribution in [2.75, 3.05) is 18.0 Å². The fourth-order valence-corrected chi connectivity index (χ4v) is 8.55. The number of benzene rings is 1. The van der Waals surface area contributed by atoms with E-state index < -0.39 is 0 Å². The normalized spacial score (nSPS) is 19.4. The zero-order valence-electron chi connectivity index (χ0n) is 23.9. The average Bonchev–Trinajstić information content (AvgIpc) is 3.44. The highest BCUT2D eigenvalue weighted by Gasteiger charge is 2.41. The summed E-state index contributed by atoms with van der Waals surface area (Å²) in [5.41, 5.74) is 2.39. The van der Waals surface area contributed by atoms with Crippen molar-refractivity contribution in [1.82, 2.24) is 9.80 Å². The van der Waals surface area contributed by atoms with Crippen molar-refractivity contribution < 1.29 is 9.59 Å². The largest absolute Gasteiger partial charge is 0.361 e. The smallest absolute Gasteiger partial charge is 0.265 e. The van der Waals surface area contributed by atoms with E-state index in [1.807, 2.05) is 38.1 Å². The van der Waals surface area contributed by atoms with E-state index in [4.69, 9.17) is 12.2 Å². The zero-order chi connectivity index (χ0) is 28.8. The number of nitrogens with zero attached hydrogens (tertiary/aromatic N) is 5. The predicted octanol–water partition coefficient (Wildman–Crippen LogP) is 8.30. The van der Waals surface area contributed by atoms with Gasteiger partial charge in [0.25, 0.3) is 11.8 Å². The van der Waals surface area contributed by atoms with Crippen LogP contribution in [0.25, 0.3) is 15.5 Å². The number of amides is 2. The number of azo groups is 1. The molecule has 3 aromatic rings. The summed E-state index contributed by atoms with van der Waals surface area (Å²) in [4.78, 5) is 32.2. The van der Waals surface area contributed by atoms with Crippen molar-refractivity contribution in [3.63, 3.8) is 0 Å². The van der Waals surface area contributed by atoms with Crippen molar-refractivity contribution >= 4 is 83.7 Å². The second kappa shape index (κ2) is 10.8. The van der Waals surface area contributed by atoms with Crippen LogP contribution in [0.1, 0.15) is 65.7 Å². The van der Waals surface area contributed by atoms with E-state index in [1.165, 1.54) is 57.4 Å². The van der Waals surface area contributed by atoms with Gasteiger partial charge in [0.05, 0.1) is 5.69 Å². The molecule has 210 valence electrons. The number of hydrogen-bond acceptors (Lipinski definition) is 8. The van der Waals surface area contributed by atoms with E-state index in [1.54, 1.807) is 6.08 Å². The molecule has 0 bridgehead atoms. The van der Waals surface area contributed by atoms with Gasteiger partial charge in [0, 0.05) is 44.1 Å². The molecule has 1 aromatic carbocycles. The third-order valence-corrected chi connectivity index (χ3v) is 10.3. The van der Waals surface area contributed by atoms with Crippen LogP contribution in [0, 0.1) is 0 Å². The molecule has 0 N–H and O–H groups in total. The van der Waals surface area contributed by atoms with E-state index in [9.17, 15) is 9.59 Å². The summed E-state index contributed by atoms with van der Waals surface area (Å²) in [5, 5.41) is 10.1. The van der Waals surface area contributed by atoms with Crippen molar-refractivity contribution in [2.45, 2.75) is 71.9 Å². The summed E-state index contributed by atoms with van der Waals surface area (Å²) in [6.07, 6.45) is 5.30. The quantitative estimate of drug-likeness (QED) is 0.125. The van der Waals surface area contributed by atoms with Crippen LogP contribution in [0.15, 0.2) is 52.2 Å². The summed E-state index contributed by atoms with van der Waals surface area (Å²) in [7, 11) is 0. The van der Waals surface area contributed by atoms with Gasteiger partial charge in [-0.2, -0.15) is 0 Å². The number of thiophene rings is 2. The molecule has 0 radical (unpaired) electrons. The molecule has 7 nitrogen and oxygen atoms in total. The Morgan fingerprint density at radius 1 is 0.875 bits per heavy atom. The zero-order valence-corrected chi connectivity index (χ0v) is 26.3. The van der Waals surface area contributed by atoms with Crippen LogP contribution >= 0.6 is 34.9 Å². The van der Waals surface area contributed by atoms with Gasteiger partial charge in [-0.15, -0.1) is 32.9 Å². The SMILES string of the molecule is CCN1C(=O)C(=Cc2cc3sc(N=Nc4ccc(N5C(C)(C)CCCC5(C)C)cc4)cc3s2)C(=O)N(CC)C1=S. The van der Waals surface area contributed by atoms with Gasteiger partial charge in [-0.1, -0.05) is 0 Å². The number of hydrogen-bond donors (Lipinski definition) is 0. The first-order chi connectivity index (χ1) is 18.9. The van der Waals surface area contributed by atoms with Crippen LogP contribution < -0.4 is 4.90 Å². The van der Waals surface area contributed by atoms with Crippen LogP contribution in [-0.4, -0.2) is 50.9 Å². The maximum Gasteiger partial charge on any atom is 0.265 e. The lowest BCUT2D eigenvalue weighted by Gasteiger charge is -2.54. The fraction of sp³-hybridized carbons (Fsp3) is 0.433. The van der Waals surface area contributed by atoms with E-state index in [0.29, 0.717) is 13.1 Å². The lowest BCUT2D eigenvalue weighted by molar-refractivity contribution is -0.133. The lowest BCUT2D eigenvalue weighted by Crippen LogP contribution is -2.58. The Balaban J connectivity index is 1.33. The Bertz CT molecular complexity index is 1450. The Hall–Kier alpha value is -2.95. The van der Waals surface area contributed by atoms with E-state index in [-0.39, 0.29) is 33.6 Å². The number of rotatable bonds is 6. The van der Waals surface area contributed by atoms with Crippen LogP contribution in [-0.2, 0) is 9.59 Å². The van der Waals surface area contributed by atoms with E-state index >= 15 is 0 Å². The van der Waals surface area contributed by atoms with Gasteiger partial charge >= 0.3 is 0 Å². The number of likely N-dealkylation sites (N-methyl/N-ethyl adjacent to an activating group) is 2. The highest BCUT2D eigenvalue weighted by molar-refractivity contribution is 7.80. The molecule has 5 rings (SSSR count). The molecule has 2 aromatic heterocycles. The molecule has 0 unspecified atom stereocenters. The van der Waals surface area contributed by atoms with Crippen molar-refractivity contribution in [1.29, 1.82) is 0 Å². The minimum Gasteiger partial charge on any atom is -0.361 e. The maximum atomic E-state index is 12.9. The first kappa shape index (κ1) is 28.6. The van der Waals surface area contributed by atoms with Crippen molar-refractivity contribution in [2.24, 2.45) is 10.2 Å². The maximum absolute atomic E-state index is 12.9. The summed E-state index contributed by atoms with van der Waals surface area (Å²) in [6, 6.07) is 12.4. The summed E-state index contributed by atoms with van der Waals surface area (Å²) in [6.45, 7) is 13.8. The van der Waals surface area contributed by atoms with Gasteiger partial charge in [-0.05, 0) is 115 Å². The van der Waals surface area contributed by atoms with Gasteiger partial charge in [0.1, 0.15) is 10.6 Å². The molecule has 4 heterocycles. The lowest BCUT2D eigenvalue weighted by atomic mass is 9.79. The molecule has 0 atom stereocenters. The molecular weight excluding hydrogens is 559 g/mol. The number of thiocarbonyl (C=S) groups is 1. The molecule has 2 aliphatic heterocycles. The molecule has 40 heavy (non-hydrogen) atoms. The van der Waals surface area contributed by atoms with Gasteiger partial charge in [-0.3, -0.25) is 19.4 Å². The Labute approximate surface area is 249 Å². The topological polar surface area (TPSA) is 68.6 Å². The molecule has 2 saturated heterocycles. The standard InChI is InChI=1S/C30H35N5O2S3/c1-7-33-26(36)22(27(37)34(8-2)28(33)38)16-21-17-23-24(39-21)18-25(40-23)32-31-19-10-12-20(13-11-19)35-29(3,4)14-9-15-30(35,5)6/h10-13,16-18H,7-9,14-15H2,1-6H3. The first-order valence-electron chi connectivity index (χ1n) is 13.7. The predicted molar refractivity (Wildman–Crippen MR) is 170 cm³/mol. The first-order valence-corrected chi connectivity index (χ1v) is 15.7. The van der Waals surface area contributed by atoms with E-state index in [2.05, 4.69) is 55.0 Å². The van der Waals surface area contributed by atoms with Gasteiger partial charge in [0.15, 0.2) is 5.11 Å². The molecule has 0 aliphatic carbocycles. The molecule has 2 fully saturated rings. The van der Waals surface area contributed by atoms with Crippen molar-refractivity contribution in [3.05, 3.63) is 46.8 Å². The average molecular weight is 594 g/mol. The third-order valence-electron chi connectivity index (χ3n) is 7.70. The number of carbonyl (C=O) groups excluding carboxylic acids is 2. The number of carbonyl (C=O) groups is 2. The number of piperidine rings is 1. The minimum absolute atomic E-state index is 0.108. The number of anilines is 1. The van der Waals surface area contributed by atoms with Gasteiger partial charge < -0.3 is 4.90 Å². The molecule has 2 aliphatic rings. The number of fused-ring (bicyclic) bond motifs is 1. The fourth-order valence-electron chi connectivity index (χ4n) is 5.96. The molecular formula is C30H35N5O2S3. The second-order valence-corrected chi connectivity index (χ2v) is 14.0. The van der Waals surface area contributed by atoms with Crippen LogP contribution in [0.3, 0.4) is 0 Å².